The van der Waals surface area contributed by atoms with Gasteiger partial charge in [0.25, 0.3) is 0 Å². The quantitative estimate of drug-likeness (QED) is 0.0470. The van der Waals surface area contributed by atoms with E-state index < -0.39 is 56.1 Å². The summed E-state index contributed by atoms with van der Waals surface area (Å²) in [4.78, 5) is 62.6. The lowest BCUT2D eigenvalue weighted by Crippen LogP contribution is -2.69. The van der Waals surface area contributed by atoms with Crippen LogP contribution < -0.4 is 0 Å². The smallest absolute Gasteiger partial charge is 0.327 e. The minimum Gasteiger partial charge on any atom is -0.459 e. The fourth-order valence-electron chi connectivity index (χ4n) is 19.6. The number of ether oxygens (including phenoxy) is 13. The molecule has 11 aliphatic carbocycles. The van der Waals surface area contributed by atoms with Crippen molar-refractivity contribution in [1.82, 2.24) is 0 Å². The van der Waals surface area contributed by atoms with Crippen LogP contribution in [0, 0.1) is 68.0 Å². The molecule has 3 saturated heterocycles. The van der Waals surface area contributed by atoms with E-state index >= 15 is 0 Å². The van der Waals surface area contributed by atoms with Gasteiger partial charge >= 0.3 is 29.8 Å². The van der Waals surface area contributed by atoms with Gasteiger partial charge in [0.1, 0.15) is 29.0 Å². The van der Waals surface area contributed by atoms with E-state index in [1.54, 1.807) is 0 Å². The van der Waals surface area contributed by atoms with E-state index in [9.17, 15) is 29.2 Å². The third kappa shape index (κ3) is 17.7. The van der Waals surface area contributed by atoms with E-state index in [0.717, 1.165) is 142 Å². The summed E-state index contributed by atoms with van der Waals surface area (Å²) >= 11 is 0. The Morgan fingerprint density at radius 2 is 0.909 bits per heavy atom. The summed E-state index contributed by atoms with van der Waals surface area (Å²) in [7, 11) is 0. The Balaban J connectivity index is 0.000000159. The van der Waals surface area contributed by atoms with Crippen molar-refractivity contribution in [3.63, 3.8) is 0 Å². The Bertz CT molecular complexity index is 2760. The summed E-state index contributed by atoms with van der Waals surface area (Å²) in [5, 5.41) is 9.31. The molecule has 0 radical (unpaired) electrons. The van der Waals surface area contributed by atoms with Crippen LogP contribution in [0.5, 0.6) is 0 Å². The topological polar surface area (TPSA) is 229 Å². The van der Waals surface area contributed by atoms with E-state index in [-0.39, 0.29) is 89.2 Å². The van der Waals surface area contributed by atoms with Gasteiger partial charge in [-0.15, -0.1) is 0 Å². The third-order valence-corrected chi connectivity index (χ3v) is 25.8. The molecule has 0 N–H and O–H groups in total. The predicted octanol–water partition coefficient (Wildman–Crippen LogP) is 16.4. The van der Waals surface area contributed by atoms with Crippen molar-refractivity contribution in [2.45, 2.75) is 387 Å². The van der Waals surface area contributed by atoms with Crippen molar-refractivity contribution in [3.05, 3.63) is 0 Å². The fourth-order valence-corrected chi connectivity index (χ4v) is 19.6. The zero-order chi connectivity index (χ0) is 72.5. The van der Waals surface area contributed by atoms with Gasteiger partial charge in [0.2, 0.25) is 0 Å². The molecule has 0 aromatic heterocycles. The van der Waals surface area contributed by atoms with Crippen LogP contribution in [-0.2, 0) is 85.6 Å². The van der Waals surface area contributed by atoms with E-state index in [0.29, 0.717) is 56.7 Å². The van der Waals surface area contributed by atoms with E-state index in [1.165, 1.54) is 32.1 Å². The predicted molar refractivity (Wildman–Crippen MR) is 372 cm³/mol. The largest absolute Gasteiger partial charge is 0.459 e. The van der Waals surface area contributed by atoms with Crippen LogP contribution in [0.25, 0.3) is 0 Å². The number of nitrogens with zero attached hydrogens (tertiary/aromatic N) is 1. The molecule has 11 saturated carbocycles. The molecule has 14 fully saturated rings. The van der Waals surface area contributed by atoms with Crippen LogP contribution in [0.4, 0.5) is 0 Å². The summed E-state index contributed by atoms with van der Waals surface area (Å²) in [6.07, 6.45) is 25.6. The van der Waals surface area contributed by atoms with Crippen LogP contribution in [-0.4, -0.2) is 133 Å². The lowest BCUT2D eigenvalue weighted by molar-refractivity contribution is -0.344. The number of hydrogen-bond acceptors (Lipinski definition) is 19. The van der Waals surface area contributed by atoms with Crippen LogP contribution in [0.15, 0.2) is 0 Å². The van der Waals surface area contributed by atoms with Gasteiger partial charge < -0.3 is 61.6 Å². The molecule has 10 bridgehead atoms. The monoisotopic (exact) mass is 1390 g/mol. The maximum absolute atomic E-state index is 13.2. The number of carbonyl (C=O) groups excluding carboxylic acids is 5. The first-order chi connectivity index (χ1) is 46.4. The molecule has 14 aliphatic rings. The van der Waals surface area contributed by atoms with Crippen molar-refractivity contribution in [3.8, 4) is 6.07 Å². The Hall–Kier alpha value is -3.48. The molecule has 3 aliphatic heterocycles. The number of esters is 5. The Labute approximate surface area is 594 Å². The SMILES string of the molecule is CCC(C)(C)C(=O)OC(C)(C)C1CCCCC1.CCC(C)(C)C(=O)OC12CC3CC(OC4CCCCO4)(C1)CC(OC1CCCCO1)(C3)C2.CCC(C)(C)C(=O)OC1C2CC3C1OC(=O)C3(C#N)C2.CCOC(C)OC12CC3CC(OC(=O)C(C)(C)CC)(C1)CC(OC(C)OCC)(C3)C2. The molecule has 13 atom stereocenters. The molecule has 0 spiro atoms. The second-order valence-corrected chi connectivity index (χ2v) is 35.9. The first-order valence-corrected chi connectivity index (χ1v) is 39.1. The third-order valence-electron chi connectivity index (χ3n) is 25.8. The highest BCUT2D eigenvalue weighted by Crippen LogP contribution is 2.67. The van der Waals surface area contributed by atoms with Crippen LogP contribution >= 0.6 is 0 Å². The molecule has 19 nitrogen and oxygen atoms in total. The lowest BCUT2D eigenvalue weighted by Gasteiger charge is -2.65. The molecular weight excluding hydrogens is 1260 g/mol. The van der Waals surface area contributed by atoms with Gasteiger partial charge in [0.15, 0.2) is 30.6 Å². The number of fused-ring (bicyclic) bond motifs is 1. The summed E-state index contributed by atoms with van der Waals surface area (Å²) in [6.45, 7) is 38.4. The Kier molecular flexibility index (Phi) is 24.9. The van der Waals surface area contributed by atoms with E-state index in [1.807, 2.05) is 104 Å². The summed E-state index contributed by atoms with van der Waals surface area (Å²) in [6, 6.07) is 2.15. The molecule has 564 valence electrons. The zero-order valence-electron chi connectivity index (χ0n) is 64.5. The fraction of sp³-hybridized carbons (Fsp3) is 0.925. The standard InChI is InChI=1S/C26H42O6.C24H42O6.C15H19NO4.C15H28O2/c1-4-23(2,3)22(27)32-26-15-19-13-24(17-26,30-20-9-5-7-11-28-20)16-25(14-19,18-26)31-21-10-6-8-12-29-21;1-8-21(6,7)20(25)30-24-13-19-11-22(15-24,28-17(4)26-9-2)14-23(12-19,16-24)29-18(5)27-10-3;1-4-14(2,3)12(17)19-10-8-5-9-11(10)20-13(18)15(9,6-8)7-16;1-6-14(2,3)13(16)17-15(4,5)12-10-8-7-9-11-12/h19-21H,4-18H2,1-3H3;17-19H,8-16H2,1-7H3;8-11H,4-6H2,1-3H3;12H,6-11H2,1-5H3. The van der Waals surface area contributed by atoms with Gasteiger partial charge in [-0.3, -0.25) is 24.0 Å². The van der Waals surface area contributed by atoms with E-state index in [4.69, 9.17) is 61.6 Å². The lowest BCUT2D eigenvalue weighted by atomic mass is 9.50. The molecule has 3 heterocycles. The summed E-state index contributed by atoms with van der Waals surface area (Å²) in [5.41, 5.74) is -5.65. The van der Waals surface area contributed by atoms with Crippen molar-refractivity contribution in [1.29, 1.82) is 5.26 Å². The highest BCUT2D eigenvalue weighted by molar-refractivity contribution is 5.85. The normalized spacial score (nSPS) is 37.1. The molecule has 19 heteroatoms. The molecular formula is C80H131NO18. The van der Waals surface area contributed by atoms with Crippen molar-refractivity contribution >= 4 is 29.8 Å². The Morgan fingerprint density at radius 3 is 1.33 bits per heavy atom. The summed E-state index contributed by atoms with van der Waals surface area (Å²) in [5.74, 6) is 0.429. The number of hydrogen-bond donors (Lipinski definition) is 0. The maximum Gasteiger partial charge on any atom is 0.327 e. The van der Waals surface area contributed by atoms with Crippen LogP contribution in [0.1, 0.15) is 311 Å². The average molecular weight is 1390 g/mol. The van der Waals surface area contributed by atoms with E-state index in [2.05, 4.69) is 26.8 Å². The van der Waals surface area contributed by atoms with Gasteiger partial charge in [0.05, 0.1) is 50.1 Å². The number of carbonyl (C=O) groups is 5. The minimum absolute atomic E-state index is 0.0458. The zero-order valence-corrected chi connectivity index (χ0v) is 64.5. The van der Waals surface area contributed by atoms with Gasteiger partial charge in [0, 0.05) is 76.8 Å². The molecule has 99 heavy (non-hydrogen) atoms. The van der Waals surface area contributed by atoms with Gasteiger partial charge in [-0.1, -0.05) is 47.0 Å². The maximum atomic E-state index is 13.2. The molecule has 14 rings (SSSR count). The van der Waals surface area contributed by atoms with Crippen molar-refractivity contribution in [2.24, 2.45) is 56.7 Å². The molecule has 0 amide bonds. The highest BCUT2D eigenvalue weighted by atomic mass is 16.7. The molecule has 0 aromatic rings. The van der Waals surface area contributed by atoms with Crippen LogP contribution in [0.2, 0.25) is 0 Å². The molecule has 0 aromatic carbocycles. The van der Waals surface area contributed by atoms with Gasteiger partial charge in [-0.25, -0.2) is 0 Å². The minimum atomic E-state index is -0.974. The second kappa shape index (κ2) is 30.9. The second-order valence-electron chi connectivity index (χ2n) is 35.9. The summed E-state index contributed by atoms with van der Waals surface area (Å²) < 4.78 is 79.7. The average Bonchev–Trinajstić information content (AvgIpc) is 1.20. The van der Waals surface area contributed by atoms with Gasteiger partial charge in [-0.2, -0.15) is 5.26 Å². The first kappa shape index (κ1) is 79.6. The first-order valence-electron chi connectivity index (χ1n) is 39.1. The number of rotatable bonds is 25. The van der Waals surface area contributed by atoms with Gasteiger partial charge in [-0.05, 0) is 243 Å². The highest BCUT2D eigenvalue weighted by Gasteiger charge is 2.73. The Morgan fingerprint density at radius 1 is 0.515 bits per heavy atom. The van der Waals surface area contributed by atoms with Crippen molar-refractivity contribution in [2.75, 3.05) is 26.4 Å². The van der Waals surface area contributed by atoms with Crippen molar-refractivity contribution < 1.29 is 85.6 Å². The molecule has 13 unspecified atom stereocenters. The number of nitriles is 1. The van der Waals surface area contributed by atoms with Crippen LogP contribution in [0.3, 0.4) is 0 Å².